The fourth-order valence-corrected chi connectivity index (χ4v) is 2.25. The molecule has 0 radical (unpaired) electrons. The highest BCUT2D eigenvalue weighted by Gasteiger charge is 2.50. The fourth-order valence-electron chi connectivity index (χ4n) is 2.25. The van der Waals surface area contributed by atoms with Gasteiger partial charge in [-0.2, -0.15) is 0 Å². The highest BCUT2D eigenvalue weighted by atomic mass is 16.5. The van der Waals surface area contributed by atoms with E-state index in [1.165, 1.54) is 0 Å². The van der Waals surface area contributed by atoms with Gasteiger partial charge >= 0.3 is 6.03 Å². The van der Waals surface area contributed by atoms with Crippen LogP contribution in [0.25, 0.3) is 0 Å². The quantitative estimate of drug-likeness (QED) is 0.623. The second-order valence-corrected chi connectivity index (χ2v) is 3.91. The van der Waals surface area contributed by atoms with Crippen LogP contribution in [0.15, 0.2) is 24.3 Å². The predicted molar refractivity (Wildman–Crippen MR) is 54.9 cm³/mol. The van der Waals surface area contributed by atoms with Crippen LogP contribution in [0.3, 0.4) is 0 Å². The Bertz CT molecular complexity index is 486. The first-order valence-electron chi connectivity index (χ1n) is 5.08. The summed E-state index contributed by atoms with van der Waals surface area (Å²) >= 11 is 0. The number of carbonyl (C=O) groups excluding carboxylic acids is 2. The Morgan fingerprint density at radius 2 is 2.06 bits per heavy atom. The molecular formula is C11H10N2O3. The van der Waals surface area contributed by atoms with Gasteiger partial charge in [0.25, 0.3) is 5.91 Å². The van der Waals surface area contributed by atoms with E-state index in [1.807, 2.05) is 12.1 Å². The van der Waals surface area contributed by atoms with Crippen LogP contribution in [-0.4, -0.2) is 18.5 Å². The van der Waals surface area contributed by atoms with E-state index in [4.69, 9.17) is 4.74 Å². The standard InChI is InChI=1S/C11H10N2O3/c14-9-11(13-10(15)12-9)5-6-16-8-4-2-1-3-7(8)11/h1-4H,5-6H2,(H2,12,13,14,15)/t11-/m0/s1. The van der Waals surface area contributed by atoms with Gasteiger partial charge in [-0.1, -0.05) is 18.2 Å². The summed E-state index contributed by atoms with van der Waals surface area (Å²) in [5.41, 5.74) is -0.212. The minimum atomic E-state index is -0.939. The molecule has 1 aromatic rings. The normalized spacial score (nSPS) is 27.0. The van der Waals surface area contributed by atoms with Crippen molar-refractivity contribution in [1.29, 1.82) is 0 Å². The van der Waals surface area contributed by atoms with Gasteiger partial charge in [0.15, 0.2) is 5.54 Å². The second kappa shape index (κ2) is 2.98. The summed E-state index contributed by atoms with van der Waals surface area (Å²) in [6.45, 7) is 0.421. The Kier molecular flexibility index (Phi) is 1.71. The van der Waals surface area contributed by atoms with Crippen LogP contribution in [0, 0.1) is 0 Å². The Hall–Kier alpha value is -2.04. The van der Waals surface area contributed by atoms with Crippen molar-refractivity contribution >= 4 is 11.9 Å². The number of carbonyl (C=O) groups is 2. The van der Waals surface area contributed by atoms with Crippen LogP contribution >= 0.6 is 0 Å². The van der Waals surface area contributed by atoms with Gasteiger partial charge in [0.1, 0.15) is 5.75 Å². The summed E-state index contributed by atoms with van der Waals surface area (Å²) in [5, 5.41) is 4.97. The zero-order valence-electron chi connectivity index (χ0n) is 8.45. The molecule has 1 saturated heterocycles. The predicted octanol–water partition coefficient (Wildman–Crippen LogP) is 0.504. The summed E-state index contributed by atoms with van der Waals surface area (Å²) in [6, 6.07) is 6.83. The molecule has 5 nitrogen and oxygen atoms in total. The number of amides is 3. The van der Waals surface area contributed by atoms with Crippen molar-refractivity contribution in [2.75, 3.05) is 6.61 Å². The number of hydrogen-bond acceptors (Lipinski definition) is 3. The molecule has 2 aliphatic rings. The van der Waals surface area contributed by atoms with Gasteiger partial charge in [0, 0.05) is 12.0 Å². The number of para-hydroxylation sites is 1. The Labute approximate surface area is 91.8 Å². The number of nitrogens with one attached hydrogen (secondary N) is 2. The molecule has 2 aliphatic heterocycles. The number of ether oxygens (including phenoxy) is 1. The molecular weight excluding hydrogens is 208 g/mol. The maximum atomic E-state index is 11.9. The average Bonchev–Trinajstić information content (AvgIpc) is 2.55. The average molecular weight is 218 g/mol. The van der Waals surface area contributed by atoms with Gasteiger partial charge in [-0.3, -0.25) is 10.1 Å². The van der Waals surface area contributed by atoms with Crippen LogP contribution in [0.4, 0.5) is 4.79 Å². The number of rotatable bonds is 0. The van der Waals surface area contributed by atoms with E-state index in [9.17, 15) is 9.59 Å². The minimum Gasteiger partial charge on any atom is -0.493 e. The molecule has 16 heavy (non-hydrogen) atoms. The van der Waals surface area contributed by atoms with Crippen molar-refractivity contribution < 1.29 is 14.3 Å². The van der Waals surface area contributed by atoms with Gasteiger partial charge in [0.2, 0.25) is 0 Å². The Morgan fingerprint density at radius 3 is 2.81 bits per heavy atom. The molecule has 1 spiro atoms. The lowest BCUT2D eigenvalue weighted by Crippen LogP contribution is -2.47. The van der Waals surface area contributed by atoms with Gasteiger partial charge in [-0.25, -0.2) is 4.79 Å². The molecule has 82 valence electrons. The number of urea groups is 1. The maximum Gasteiger partial charge on any atom is 0.322 e. The monoisotopic (exact) mass is 218 g/mol. The van der Waals surface area contributed by atoms with Crippen molar-refractivity contribution in [2.45, 2.75) is 12.0 Å². The second-order valence-electron chi connectivity index (χ2n) is 3.91. The van der Waals surface area contributed by atoms with E-state index in [0.29, 0.717) is 18.8 Å². The minimum absolute atomic E-state index is 0.298. The zero-order chi connectivity index (χ0) is 11.2. The van der Waals surface area contributed by atoms with E-state index < -0.39 is 11.6 Å². The smallest absolute Gasteiger partial charge is 0.322 e. The molecule has 2 heterocycles. The fraction of sp³-hybridized carbons (Fsp3) is 0.273. The molecule has 0 aromatic heterocycles. The third-order valence-corrected chi connectivity index (χ3v) is 3.02. The first-order chi connectivity index (χ1) is 7.72. The summed E-state index contributed by atoms with van der Waals surface area (Å²) < 4.78 is 5.46. The zero-order valence-corrected chi connectivity index (χ0v) is 8.45. The number of benzene rings is 1. The third kappa shape index (κ3) is 1.05. The third-order valence-electron chi connectivity index (χ3n) is 3.02. The molecule has 1 atom stereocenters. The summed E-state index contributed by atoms with van der Waals surface area (Å²) in [6.07, 6.45) is 0.460. The molecule has 0 bridgehead atoms. The highest BCUT2D eigenvalue weighted by Crippen LogP contribution is 2.38. The molecule has 3 rings (SSSR count). The molecule has 3 amide bonds. The van der Waals surface area contributed by atoms with Gasteiger partial charge < -0.3 is 10.1 Å². The lowest BCUT2D eigenvalue weighted by molar-refractivity contribution is -0.125. The van der Waals surface area contributed by atoms with Crippen molar-refractivity contribution in [3.63, 3.8) is 0 Å². The molecule has 0 unspecified atom stereocenters. The van der Waals surface area contributed by atoms with E-state index >= 15 is 0 Å². The largest absolute Gasteiger partial charge is 0.493 e. The van der Waals surface area contributed by atoms with Crippen LogP contribution in [0.2, 0.25) is 0 Å². The summed E-state index contributed by atoms with van der Waals surface area (Å²) in [5.74, 6) is 0.361. The van der Waals surface area contributed by atoms with E-state index in [0.717, 1.165) is 5.56 Å². The van der Waals surface area contributed by atoms with Crippen molar-refractivity contribution in [1.82, 2.24) is 10.6 Å². The Morgan fingerprint density at radius 1 is 1.25 bits per heavy atom. The van der Waals surface area contributed by atoms with Crippen LogP contribution in [0.1, 0.15) is 12.0 Å². The molecule has 2 N–H and O–H groups in total. The van der Waals surface area contributed by atoms with E-state index in [1.54, 1.807) is 12.1 Å². The molecule has 0 aliphatic carbocycles. The van der Waals surface area contributed by atoms with Crippen molar-refractivity contribution in [3.8, 4) is 5.75 Å². The SMILES string of the molecule is O=C1NC(=O)[C@@]2(CCOc3ccccc32)N1. The lowest BCUT2D eigenvalue weighted by atomic mass is 9.85. The number of fused-ring (bicyclic) bond motifs is 2. The summed E-state index contributed by atoms with van der Waals surface area (Å²) in [4.78, 5) is 23.1. The van der Waals surface area contributed by atoms with Crippen LogP contribution < -0.4 is 15.4 Å². The van der Waals surface area contributed by atoms with Gasteiger partial charge in [0.05, 0.1) is 6.61 Å². The Balaban J connectivity index is 2.17. The van der Waals surface area contributed by atoms with Crippen molar-refractivity contribution in [3.05, 3.63) is 29.8 Å². The van der Waals surface area contributed by atoms with Gasteiger partial charge in [-0.05, 0) is 6.07 Å². The molecule has 0 saturated carbocycles. The maximum absolute atomic E-state index is 11.9. The molecule has 1 aromatic carbocycles. The first-order valence-corrected chi connectivity index (χ1v) is 5.08. The summed E-state index contributed by atoms with van der Waals surface area (Å²) in [7, 11) is 0. The molecule has 5 heteroatoms. The van der Waals surface area contributed by atoms with Gasteiger partial charge in [-0.15, -0.1) is 0 Å². The highest BCUT2D eigenvalue weighted by molar-refractivity contribution is 6.07. The topological polar surface area (TPSA) is 67.4 Å². The molecule has 1 fully saturated rings. The first kappa shape index (κ1) is 9.21. The van der Waals surface area contributed by atoms with Crippen LogP contribution in [-0.2, 0) is 10.3 Å². The van der Waals surface area contributed by atoms with E-state index in [-0.39, 0.29) is 5.91 Å². The van der Waals surface area contributed by atoms with Crippen molar-refractivity contribution in [2.24, 2.45) is 0 Å². The number of imide groups is 1. The van der Waals surface area contributed by atoms with E-state index in [2.05, 4.69) is 10.6 Å². The lowest BCUT2D eigenvalue weighted by Gasteiger charge is -2.32. The number of hydrogen-bond donors (Lipinski definition) is 2. The van der Waals surface area contributed by atoms with Crippen LogP contribution in [0.5, 0.6) is 5.75 Å².